The van der Waals surface area contributed by atoms with Gasteiger partial charge in [-0.2, -0.15) is 0 Å². The maximum absolute atomic E-state index is 7.25. The van der Waals surface area contributed by atoms with E-state index in [-0.39, 0.29) is 11.3 Å². The monoisotopic (exact) mass is 177 g/mol. The molecule has 3 heteroatoms. The zero-order chi connectivity index (χ0) is 10.1. The maximum atomic E-state index is 7.25. The molecular weight excluding hydrogens is 162 g/mol. The van der Waals surface area contributed by atoms with E-state index in [4.69, 9.17) is 11.1 Å². The Hall–Kier alpha value is -1.38. The van der Waals surface area contributed by atoms with Gasteiger partial charge in [0.1, 0.15) is 11.5 Å². The molecule has 0 aliphatic carbocycles. The van der Waals surface area contributed by atoms with Gasteiger partial charge in [0.2, 0.25) is 0 Å². The van der Waals surface area contributed by atoms with Crippen molar-refractivity contribution in [2.45, 2.75) is 26.2 Å². The normalized spacial score (nSPS) is 11.3. The fourth-order valence-corrected chi connectivity index (χ4v) is 1.04. The summed E-state index contributed by atoms with van der Waals surface area (Å²) in [5.74, 6) is 0.0195. The van der Waals surface area contributed by atoms with E-state index in [1.807, 2.05) is 12.1 Å². The van der Waals surface area contributed by atoms with E-state index in [1.54, 1.807) is 6.20 Å². The maximum Gasteiger partial charge on any atom is 0.141 e. The summed E-state index contributed by atoms with van der Waals surface area (Å²) in [5.41, 5.74) is 7.12. The molecule has 0 bridgehead atoms. The topological polar surface area (TPSA) is 62.8 Å². The number of amidine groups is 1. The Morgan fingerprint density at radius 2 is 2.08 bits per heavy atom. The minimum Gasteiger partial charge on any atom is -0.382 e. The van der Waals surface area contributed by atoms with Gasteiger partial charge in [0.15, 0.2) is 0 Å². The molecule has 0 fully saturated rings. The molecule has 0 aliphatic heterocycles. The Morgan fingerprint density at radius 3 is 2.54 bits per heavy atom. The Labute approximate surface area is 78.5 Å². The first-order valence-electron chi connectivity index (χ1n) is 4.22. The molecule has 1 aromatic heterocycles. The first-order chi connectivity index (χ1) is 5.91. The predicted molar refractivity (Wildman–Crippen MR) is 54.0 cm³/mol. The number of rotatable bonds is 1. The fraction of sp³-hybridized carbons (Fsp3) is 0.400. The van der Waals surface area contributed by atoms with Gasteiger partial charge < -0.3 is 5.73 Å². The van der Waals surface area contributed by atoms with E-state index >= 15 is 0 Å². The summed E-state index contributed by atoms with van der Waals surface area (Å²) >= 11 is 0. The molecule has 1 heterocycles. The molecule has 0 aromatic carbocycles. The molecule has 3 nitrogen and oxygen atoms in total. The number of nitrogens with two attached hydrogens (primary N) is 1. The van der Waals surface area contributed by atoms with Gasteiger partial charge in [-0.15, -0.1) is 0 Å². The minimum atomic E-state index is 0.0195. The standard InChI is InChI=1S/C10H15N3/c1-10(2,3)7-4-5-13-8(6-7)9(11)12/h4-6H,1-3H3,(H3,11,12). The van der Waals surface area contributed by atoms with Crippen molar-refractivity contribution in [2.24, 2.45) is 5.73 Å². The Morgan fingerprint density at radius 1 is 1.46 bits per heavy atom. The van der Waals surface area contributed by atoms with Crippen LogP contribution in [0.5, 0.6) is 0 Å². The average molecular weight is 177 g/mol. The van der Waals surface area contributed by atoms with Crippen LogP contribution in [0, 0.1) is 5.41 Å². The molecule has 0 saturated carbocycles. The van der Waals surface area contributed by atoms with Gasteiger partial charge in [-0.05, 0) is 23.1 Å². The lowest BCUT2D eigenvalue weighted by Gasteiger charge is -2.18. The number of nitrogen functional groups attached to an aromatic ring is 1. The van der Waals surface area contributed by atoms with Crippen LogP contribution in [-0.2, 0) is 5.41 Å². The highest BCUT2D eigenvalue weighted by Crippen LogP contribution is 2.21. The van der Waals surface area contributed by atoms with E-state index < -0.39 is 0 Å². The van der Waals surface area contributed by atoms with Crippen LogP contribution < -0.4 is 5.73 Å². The quantitative estimate of drug-likeness (QED) is 0.506. The zero-order valence-electron chi connectivity index (χ0n) is 8.26. The molecule has 0 spiro atoms. The van der Waals surface area contributed by atoms with Crippen LogP contribution in [0.3, 0.4) is 0 Å². The van der Waals surface area contributed by atoms with Crippen LogP contribution in [0.15, 0.2) is 18.3 Å². The summed E-state index contributed by atoms with van der Waals surface area (Å²) in [5, 5.41) is 7.25. The highest BCUT2D eigenvalue weighted by Gasteiger charge is 2.14. The van der Waals surface area contributed by atoms with Gasteiger partial charge in [-0.3, -0.25) is 10.4 Å². The molecule has 1 aromatic rings. The number of hydrogen-bond donors (Lipinski definition) is 2. The molecule has 3 N–H and O–H groups in total. The average Bonchev–Trinajstić information content (AvgIpc) is 2.03. The van der Waals surface area contributed by atoms with Crippen molar-refractivity contribution >= 4 is 5.84 Å². The smallest absolute Gasteiger partial charge is 0.141 e. The highest BCUT2D eigenvalue weighted by atomic mass is 14.8. The third-order valence-electron chi connectivity index (χ3n) is 1.90. The number of pyridine rings is 1. The van der Waals surface area contributed by atoms with Crippen molar-refractivity contribution < 1.29 is 0 Å². The minimum absolute atomic E-state index is 0.0195. The second-order valence-corrected chi connectivity index (χ2v) is 4.09. The SMILES string of the molecule is CC(C)(C)c1ccnc(C(=N)N)c1. The lowest BCUT2D eigenvalue weighted by atomic mass is 9.87. The van der Waals surface area contributed by atoms with Gasteiger partial charge in [-0.25, -0.2) is 0 Å². The molecule has 0 saturated heterocycles. The summed E-state index contributed by atoms with van der Waals surface area (Å²) in [4.78, 5) is 4.00. The summed E-state index contributed by atoms with van der Waals surface area (Å²) < 4.78 is 0. The molecule has 70 valence electrons. The second-order valence-electron chi connectivity index (χ2n) is 4.09. The van der Waals surface area contributed by atoms with Crippen molar-refractivity contribution in [3.8, 4) is 0 Å². The molecular formula is C10H15N3. The fourth-order valence-electron chi connectivity index (χ4n) is 1.04. The predicted octanol–water partition coefficient (Wildman–Crippen LogP) is 1.66. The second kappa shape index (κ2) is 3.17. The largest absolute Gasteiger partial charge is 0.382 e. The van der Waals surface area contributed by atoms with Crippen molar-refractivity contribution in [1.29, 1.82) is 5.41 Å². The lowest BCUT2D eigenvalue weighted by molar-refractivity contribution is 0.589. The van der Waals surface area contributed by atoms with Gasteiger partial charge in [0, 0.05) is 6.20 Å². The summed E-state index contributed by atoms with van der Waals surface area (Å²) in [7, 11) is 0. The summed E-state index contributed by atoms with van der Waals surface area (Å²) in [6, 6.07) is 3.81. The molecule has 13 heavy (non-hydrogen) atoms. The number of nitrogens with zero attached hydrogens (tertiary/aromatic N) is 1. The van der Waals surface area contributed by atoms with Crippen LogP contribution >= 0.6 is 0 Å². The van der Waals surface area contributed by atoms with Gasteiger partial charge in [0.05, 0.1) is 0 Å². The van der Waals surface area contributed by atoms with Crippen LogP contribution in [-0.4, -0.2) is 10.8 Å². The van der Waals surface area contributed by atoms with Crippen molar-refractivity contribution in [1.82, 2.24) is 4.98 Å². The molecule has 0 atom stereocenters. The van der Waals surface area contributed by atoms with Gasteiger partial charge in [0.25, 0.3) is 0 Å². The Balaban J connectivity index is 3.13. The van der Waals surface area contributed by atoms with E-state index in [1.165, 1.54) is 0 Å². The zero-order valence-corrected chi connectivity index (χ0v) is 8.26. The molecule has 1 rings (SSSR count). The van der Waals surface area contributed by atoms with E-state index in [9.17, 15) is 0 Å². The molecule has 0 amide bonds. The third-order valence-corrected chi connectivity index (χ3v) is 1.90. The van der Waals surface area contributed by atoms with Crippen LogP contribution in [0.25, 0.3) is 0 Å². The van der Waals surface area contributed by atoms with Gasteiger partial charge in [-0.1, -0.05) is 20.8 Å². The van der Waals surface area contributed by atoms with Crippen molar-refractivity contribution in [3.63, 3.8) is 0 Å². The summed E-state index contributed by atoms with van der Waals surface area (Å²) in [6.07, 6.45) is 1.69. The van der Waals surface area contributed by atoms with Crippen molar-refractivity contribution in [3.05, 3.63) is 29.6 Å². The van der Waals surface area contributed by atoms with E-state index in [0.29, 0.717) is 5.69 Å². The van der Waals surface area contributed by atoms with E-state index in [0.717, 1.165) is 5.56 Å². The van der Waals surface area contributed by atoms with Crippen molar-refractivity contribution in [2.75, 3.05) is 0 Å². The number of hydrogen-bond acceptors (Lipinski definition) is 2. The highest BCUT2D eigenvalue weighted by molar-refractivity contribution is 5.93. The Bertz CT molecular complexity index is 323. The number of aromatic nitrogens is 1. The number of nitrogens with one attached hydrogen (secondary N) is 1. The third kappa shape index (κ3) is 2.28. The Kier molecular flexibility index (Phi) is 2.36. The lowest BCUT2D eigenvalue weighted by Crippen LogP contribution is -2.17. The molecule has 0 aliphatic rings. The van der Waals surface area contributed by atoms with Crippen LogP contribution in [0.4, 0.5) is 0 Å². The van der Waals surface area contributed by atoms with E-state index in [2.05, 4.69) is 25.8 Å². The first kappa shape index (κ1) is 9.71. The van der Waals surface area contributed by atoms with Crippen LogP contribution in [0.2, 0.25) is 0 Å². The molecule has 0 radical (unpaired) electrons. The first-order valence-corrected chi connectivity index (χ1v) is 4.22. The van der Waals surface area contributed by atoms with Gasteiger partial charge >= 0.3 is 0 Å². The van der Waals surface area contributed by atoms with Crippen LogP contribution in [0.1, 0.15) is 32.0 Å². The molecule has 0 unspecified atom stereocenters. The summed E-state index contributed by atoms with van der Waals surface area (Å²) in [6.45, 7) is 6.35.